The van der Waals surface area contributed by atoms with Gasteiger partial charge in [0.15, 0.2) is 9.84 Å². The van der Waals surface area contributed by atoms with Crippen LogP contribution in [0.2, 0.25) is 0 Å². The zero-order chi connectivity index (χ0) is 11.3. The maximum absolute atomic E-state index is 11.6. The molecule has 1 aromatic rings. The molecule has 0 unspecified atom stereocenters. The van der Waals surface area contributed by atoms with Crippen LogP contribution in [0, 0.1) is 11.3 Å². The summed E-state index contributed by atoms with van der Waals surface area (Å²) in [7, 11) is -3.30. The smallest absolute Gasteiger partial charge is 0.179 e. The normalized spacial score (nSPS) is 10.6. The van der Waals surface area contributed by atoms with Gasteiger partial charge in [0.05, 0.1) is 16.7 Å². The molecule has 15 heavy (non-hydrogen) atoms. The van der Waals surface area contributed by atoms with E-state index in [0.717, 1.165) is 5.56 Å². The molecule has 0 saturated carbocycles. The molecular formula is C11H11NO2S. The van der Waals surface area contributed by atoms with E-state index < -0.39 is 9.84 Å². The molecule has 0 aliphatic heterocycles. The van der Waals surface area contributed by atoms with Crippen molar-refractivity contribution >= 4 is 15.9 Å². The summed E-state index contributed by atoms with van der Waals surface area (Å²) < 4.78 is 23.2. The molecular weight excluding hydrogens is 210 g/mol. The molecule has 1 rings (SSSR count). The van der Waals surface area contributed by atoms with Crippen molar-refractivity contribution < 1.29 is 8.42 Å². The molecule has 0 saturated heterocycles. The predicted molar refractivity (Wildman–Crippen MR) is 58.8 cm³/mol. The summed E-state index contributed by atoms with van der Waals surface area (Å²) in [6.07, 6.45) is 1.66. The topological polar surface area (TPSA) is 57.9 Å². The summed E-state index contributed by atoms with van der Waals surface area (Å²) >= 11 is 0. The van der Waals surface area contributed by atoms with Crippen molar-refractivity contribution in [2.75, 3.05) is 5.75 Å². The highest BCUT2D eigenvalue weighted by atomic mass is 32.2. The third-order valence-corrected chi connectivity index (χ3v) is 3.69. The van der Waals surface area contributed by atoms with Gasteiger partial charge in [-0.05, 0) is 17.7 Å². The first kappa shape index (κ1) is 11.5. The highest BCUT2D eigenvalue weighted by Gasteiger charge is 2.12. The van der Waals surface area contributed by atoms with Crippen molar-refractivity contribution in [1.29, 1.82) is 5.26 Å². The fourth-order valence-electron chi connectivity index (χ4n) is 1.11. The molecule has 1 aromatic carbocycles. The maximum Gasteiger partial charge on any atom is 0.179 e. The van der Waals surface area contributed by atoms with Crippen molar-refractivity contribution in [3.05, 3.63) is 36.4 Å². The maximum atomic E-state index is 11.6. The molecule has 0 aromatic heterocycles. The number of nitrogens with zero attached hydrogens (tertiary/aromatic N) is 1. The van der Waals surface area contributed by atoms with Crippen LogP contribution in [0.3, 0.4) is 0 Å². The Labute approximate surface area is 89.6 Å². The molecule has 0 radical (unpaired) electrons. The van der Waals surface area contributed by atoms with Crippen LogP contribution in [0.25, 0.3) is 6.08 Å². The number of hydrogen-bond donors (Lipinski definition) is 0. The number of nitriles is 1. The van der Waals surface area contributed by atoms with E-state index in [0.29, 0.717) is 0 Å². The second-order valence-electron chi connectivity index (χ2n) is 3.00. The SMILES string of the molecule is C=Cc1ccc(S(=O)(=O)CCC#N)cc1. The Bertz CT molecular complexity index is 480. The van der Waals surface area contributed by atoms with Crippen molar-refractivity contribution in [3.63, 3.8) is 0 Å². The van der Waals surface area contributed by atoms with Gasteiger partial charge in [-0.1, -0.05) is 24.8 Å². The Morgan fingerprint density at radius 3 is 2.40 bits per heavy atom. The zero-order valence-electron chi connectivity index (χ0n) is 8.18. The fourth-order valence-corrected chi connectivity index (χ4v) is 2.26. The van der Waals surface area contributed by atoms with E-state index in [1.54, 1.807) is 18.2 Å². The Morgan fingerprint density at radius 1 is 1.33 bits per heavy atom. The number of sulfone groups is 1. The molecule has 0 aliphatic rings. The molecule has 0 atom stereocenters. The zero-order valence-corrected chi connectivity index (χ0v) is 9.00. The van der Waals surface area contributed by atoms with E-state index >= 15 is 0 Å². The minimum Gasteiger partial charge on any atom is -0.224 e. The van der Waals surface area contributed by atoms with Gasteiger partial charge >= 0.3 is 0 Å². The molecule has 78 valence electrons. The largest absolute Gasteiger partial charge is 0.224 e. The van der Waals surface area contributed by atoms with E-state index in [4.69, 9.17) is 5.26 Å². The van der Waals surface area contributed by atoms with Crippen LogP contribution in [0.1, 0.15) is 12.0 Å². The van der Waals surface area contributed by atoms with Gasteiger partial charge in [-0.15, -0.1) is 0 Å². The Morgan fingerprint density at radius 2 is 1.93 bits per heavy atom. The average molecular weight is 221 g/mol. The van der Waals surface area contributed by atoms with E-state index in [1.165, 1.54) is 12.1 Å². The lowest BCUT2D eigenvalue weighted by atomic mass is 10.2. The van der Waals surface area contributed by atoms with Crippen LogP contribution in [-0.4, -0.2) is 14.2 Å². The lowest BCUT2D eigenvalue weighted by Gasteiger charge is -2.01. The van der Waals surface area contributed by atoms with Gasteiger partial charge in [-0.2, -0.15) is 5.26 Å². The molecule has 0 heterocycles. The van der Waals surface area contributed by atoms with Crippen molar-refractivity contribution in [1.82, 2.24) is 0 Å². The standard InChI is InChI=1S/C11H11NO2S/c1-2-10-4-6-11(7-5-10)15(13,14)9-3-8-12/h2,4-7H,1,3,9H2. The van der Waals surface area contributed by atoms with Crippen LogP contribution in [-0.2, 0) is 9.84 Å². The summed E-state index contributed by atoms with van der Waals surface area (Å²) in [5.41, 5.74) is 0.870. The number of rotatable bonds is 4. The summed E-state index contributed by atoms with van der Waals surface area (Å²) in [6.45, 7) is 3.58. The highest BCUT2D eigenvalue weighted by molar-refractivity contribution is 7.91. The Kier molecular flexibility index (Phi) is 3.64. The van der Waals surface area contributed by atoms with Gasteiger partial charge in [-0.3, -0.25) is 0 Å². The van der Waals surface area contributed by atoms with Crippen LogP contribution >= 0.6 is 0 Å². The van der Waals surface area contributed by atoms with E-state index in [2.05, 4.69) is 6.58 Å². The van der Waals surface area contributed by atoms with Crippen LogP contribution in [0.15, 0.2) is 35.7 Å². The average Bonchev–Trinajstić information content (AvgIpc) is 2.26. The van der Waals surface area contributed by atoms with Crippen LogP contribution in [0.5, 0.6) is 0 Å². The third kappa shape index (κ3) is 2.93. The van der Waals surface area contributed by atoms with Crippen molar-refractivity contribution in [2.45, 2.75) is 11.3 Å². The van der Waals surface area contributed by atoms with Crippen LogP contribution < -0.4 is 0 Å². The second-order valence-corrected chi connectivity index (χ2v) is 5.11. The summed E-state index contributed by atoms with van der Waals surface area (Å²) in [4.78, 5) is 0.253. The van der Waals surface area contributed by atoms with Gasteiger partial charge in [0.25, 0.3) is 0 Å². The van der Waals surface area contributed by atoms with Gasteiger partial charge in [0.1, 0.15) is 0 Å². The Hall–Kier alpha value is -1.60. The molecule has 0 fully saturated rings. The first-order valence-corrected chi connectivity index (χ1v) is 6.07. The molecule has 0 bridgehead atoms. The molecule has 4 heteroatoms. The second kappa shape index (κ2) is 4.76. The molecule has 0 amide bonds. The van der Waals surface area contributed by atoms with Crippen molar-refractivity contribution in [3.8, 4) is 6.07 Å². The highest BCUT2D eigenvalue weighted by Crippen LogP contribution is 2.13. The molecule has 3 nitrogen and oxygen atoms in total. The van der Waals surface area contributed by atoms with Crippen molar-refractivity contribution in [2.24, 2.45) is 0 Å². The fraction of sp³-hybridized carbons (Fsp3) is 0.182. The quantitative estimate of drug-likeness (QED) is 0.781. The van der Waals surface area contributed by atoms with Crippen LogP contribution in [0.4, 0.5) is 0 Å². The van der Waals surface area contributed by atoms with Gasteiger partial charge < -0.3 is 0 Å². The van der Waals surface area contributed by atoms with Gasteiger partial charge in [0.2, 0.25) is 0 Å². The lowest BCUT2D eigenvalue weighted by molar-refractivity contribution is 0.596. The first-order chi connectivity index (χ1) is 7.10. The minimum atomic E-state index is -3.30. The van der Waals surface area contributed by atoms with Gasteiger partial charge in [-0.25, -0.2) is 8.42 Å². The first-order valence-electron chi connectivity index (χ1n) is 4.42. The number of hydrogen-bond acceptors (Lipinski definition) is 3. The van der Waals surface area contributed by atoms with E-state index in [1.807, 2.05) is 6.07 Å². The minimum absolute atomic E-state index is 0.0194. The van der Waals surface area contributed by atoms with Gasteiger partial charge in [0, 0.05) is 6.42 Å². The summed E-state index contributed by atoms with van der Waals surface area (Å²) in [5, 5.41) is 8.33. The predicted octanol–water partition coefficient (Wildman–Crippen LogP) is 2.02. The molecule has 0 aliphatic carbocycles. The lowest BCUT2D eigenvalue weighted by Crippen LogP contribution is -2.05. The Balaban J connectivity index is 2.96. The monoisotopic (exact) mass is 221 g/mol. The van der Waals surface area contributed by atoms with E-state index in [9.17, 15) is 8.42 Å². The third-order valence-electron chi connectivity index (χ3n) is 1.96. The molecule has 0 spiro atoms. The van der Waals surface area contributed by atoms with E-state index in [-0.39, 0.29) is 17.1 Å². The summed E-state index contributed by atoms with van der Waals surface area (Å²) in [6, 6.07) is 8.26. The number of benzene rings is 1. The summed E-state index contributed by atoms with van der Waals surface area (Å²) in [5.74, 6) is -0.128. The molecule has 0 N–H and O–H groups in total.